The summed E-state index contributed by atoms with van der Waals surface area (Å²) in [5.74, 6) is -3.02. The van der Waals surface area contributed by atoms with E-state index in [9.17, 15) is 9.59 Å². The van der Waals surface area contributed by atoms with Crippen molar-refractivity contribution in [2.45, 2.75) is 13.8 Å². The molecule has 1 N–H and O–H groups in total. The molecule has 0 aliphatic heterocycles. The van der Waals surface area contributed by atoms with Gasteiger partial charge in [0, 0.05) is 6.08 Å². The molecule has 2 atom stereocenters. The van der Waals surface area contributed by atoms with Gasteiger partial charge in [0.15, 0.2) is 4.49 Å². The lowest BCUT2D eigenvalue weighted by atomic mass is 10.1. The third-order valence-electron chi connectivity index (χ3n) is 3.09. The van der Waals surface area contributed by atoms with E-state index in [4.69, 9.17) is 33.6 Å². The van der Waals surface area contributed by atoms with Gasteiger partial charge in [-0.2, -0.15) is 5.26 Å². The number of nitrogens with zero attached hydrogens (tertiary/aromatic N) is 1. The van der Waals surface area contributed by atoms with Crippen LogP contribution in [0.3, 0.4) is 0 Å². The normalized spacial score (nSPS) is 23.5. The zero-order valence-corrected chi connectivity index (χ0v) is 11.7. The predicted octanol–water partition coefficient (Wildman–Crippen LogP) is 2.61. The molecule has 1 rings (SSSR count). The van der Waals surface area contributed by atoms with Crippen LogP contribution in [0.15, 0.2) is 22.4 Å². The molecule has 0 radical (unpaired) electrons. The average Bonchev–Trinajstić information content (AvgIpc) is 2.85. The van der Waals surface area contributed by atoms with Crippen molar-refractivity contribution in [3.63, 3.8) is 0 Å². The highest BCUT2D eigenvalue weighted by Gasteiger charge is 2.60. The molecule has 19 heavy (non-hydrogen) atoms. The Hall–Kier alpha value is -1.51. The van der Waals surface area contributed by atoms with E-state index >= 15 is 0 Å². The Balaban J connectivity index is 2.65. The molecule has 0 heterocycles. The Bertz CT molecular complexity index is 512. The molecule has 0 aromatic rings. The van der Waals surface area contributed by atoms with E-state index in [1.165, 1.54) is 12.1 Å². The topological polar surface area (TPSA) is 87.4 Å². The highest BCUT2D eigenvalue weighted by Crippen LogP contribution is 2.59. The fourth-order valence-corrected chi connectivity index (χ4v) is 2.09. The Kier molecular flexibility index (Phi) is 4.61. The summed E-state index contributed by atoms with van der Waals surface area (Å²) in [5.41, 5.74) is -0.402. The highest BCUT2D eigenvalue weighted by molar-refractivity contribution is 6.56. The van der Waals surface area contributed by atoms with E-state index in [1.807, 2.05) is 0 Å². The SMILES string of the molecule is CC1(C)C(C=CC(=O)OC(C#N)=C(Cl)Cl)C1C(=O)O. The van der Waals surface area contributed by atoms with Crippen LogP contribution in [0.1, 0.15) is 13.8 Å². The van der Waals surface area contributed by atoms with Gasteiger partial charge >= 0.3 is 11.9 Å². The number of nitriles is 1. The maximum atomic E-state index is 11.4. The first kappa shape index (κ1) is 15.5. The minimum Gasteiger partial charge on any atom is -0.481 e. The zero-order valence-electron chi connectivity index (χ0n) is 10.2. The fourth-order valence-electron chi connectivity index (χ4n) is 1.93. The van der Waals surface area contributed by atoms with Crippen LogP contribution in [0.4, 0.5) is 0 Å². The van der Waals surface area contributed by atoms with Crippen LogP contribution in [-0.4, -0.2) is 17.0 Å². The van der Waals surface area contributed by atoms with Crippen molar-refractivity contribution in [1.29, 1.82) is 5.26 Å². The van der Waals surface area contributed by atoms with Gasteiger partial charge in [-0.3, -0.25) is 4.79 Å². The summed E-state index contributed by atoms with van der Waals surface area (Å²) < 4.78 is 4.14. The van der Waals surface area contributed by atoms with Crippen molar-refractivity contribution in [2.24, 2.45) is 17.3 Å². The van der Waals surface area contributed by atoms with Gasteiger partial charge in [0.25, 0.3) is 0 Å². The standard InChI is InChI=1S/C12H11Cl2NO4/c1-12(2)6(9(12)11(17)18)3-4-8(16)19-7(5-15)10(13)14/h3-4,6,9H,1-2H3,(H,17,18). The average molecular weight is 304 g/mol. The van der Waals surface area contributed by atoms with Gasteiger partial charge in [-0.1, -0.05) is 43.1 Å². The molecule has 5 nitrogen and oxygen atoms in total. The molecule has 0 aromatic carbocycles. The number of ether oxygens (including phenoxy) is 1. The first-order valence-corrected chi connectivity index (χ1v) is 6.05. The molecular formula is C12H11Cl2NO4. The number of aliphatic carboxylic acids is 1. The Labute approximate surface area is 120 Å². The zero-order chi connectivity index (χ0) is 14.8. The van der Waals surface area contributed by atoms with Gasteiger partial charge in [0.2, 0.25) is 5.76 Å². The van der Waals surface area contributed by atoms with Crippen molar-refractivity contribution in [3.05, 3.63) is 22.4 Å². The number of allylic oxidation sites excluding steroid dienone is 2. The number of carboxylic acid groups (broad SMARTS) is 1. The van der Waals surface area contributed by atoms with Gasteiger partial charge in [0.1, 0.15) is 6.07 Å². The summed E-state index contributed by atoms with van der Waals surface area (Å²) in [6.45, 7) is 3.59. The number of hydrogen-bond acceptors (Lipinski definition) is 4. The van der Waals surface area contributed by atoms with E-state index < -0.39 is 33.5 Å². The molecule has 0 spiro atoms. The Morgan fingerprint density at radius 2 is 2.00 bits per heavy atom. The van der Waals surface area contributed by atoms with Crippen LogP contribution >= 0.6 is 23.2 Å². The van der Waals surface area contributed by atoms with Gasteiger partial charge < -0.3 is 9.84 Å². The summed E-state index contributed by atoms with van der Waals surface area (Å²) >= 11 is 10.6. The maximum Gasteiger partial charge on any atom is 0.336 e. The van der Waals surface area contributed by atoms with Gasteiger partial charge in [-0.15, -0.1) is 0 Å². The molecule has 0 bridgehead atoms. The first-order chi connectivity index (χ1) is 8.71. The second-order valence-electron chi connectivity index (χ2n) is 4.64. The van der Waals surface area contributed by atoms with Crippen LogP contribution in [0.2, 0.25) is 0 Å². The first-order valence-electron chi connectivity index (χ1n) is 5.30. The number of esters is 1. The van der Waals surface area contributed by atoms with E-state index in [0.29, 0.717) is 0 Å². The largest absolute Gasteiger partial charge is 0.481 e. The van der Waals surface area contributed by atoms with Crippen LogP contribution < -0.4 is 0 Å². The summed E-state index contributed by atoms with van der Waals surface area (Å²) in [7, 11) is 0. The van der Waals surface area contributed by atoms with E-state index in [2.05, 4.69) is 4.74 Å². The molecule has 1 saturated carbocycles. The Morgan fingerprint density at radius 3 is 2.37 bits per heavy atom. The highest BCUT2D eigenvalue weighted by atomic mass is 35.5. The number of hydrogen-bond donors (Lipinski definition) is 1. The van der Waals surface area contributed by atoms with Gasteiger partial charge in [0.05, 0.1) is 5.92 Å². The van der Waals surface area contributed by atoms with Crippen molar-refractivity contribution < 1.29 is 19.4 Å². The monoisotopic (exact) mass is 303 g/mol. The maximum absolute atomic E-state index is 11.4. The smallest absolute Gasteiger partial charge is 0.336 e. The third-order valence-corrected chi connectivity index (χ3v) is 3.44. The number of carbonyl (C=O) groups is 2. The lowest BCUT2D eigenvalue weighted by Gasteiger charge is -1.98. The number of carboxylic acids is 1. The van der Waals surface area contributed by atoms with Crippen molar-refractivity contribution >= 4 is 35.1 Å². The summed E-state index contributed by atoms with van der Waals surface area (Å²) in [6, 6.07) is 1.52. The van der Waals surface area contributed by atoms with Crippen molar-refractivity contribution in [1.82, 2.24) is 0 Å². The second-order valence-corrected chi connectivity index (χ2v) is 5.59. The van der Waals surface area contributed by atoms with Gasteiger partial charge in [-0.05, 0) is 11.3 Å². The van der Waals surface area contributed by atoms with Crippen LogP contribution in [0, 0.1) is 28.6 Å². The fraction of sp³-hybridized carbons (Fsp3) is 0.417. The summed E-state index contributed by atoms with van der Waals surface area (Å²) in [6.07, 6.45) is 2.53. The van der Waals surface area contributed by atoms with E-state index in [0.717, 1.165) is 6.08 Å². The summed E-state index contributed by atoms with van der Waals surface area (Å²) in [5, 5.41) is 17.5. The van der Waals surface area contributed by atoms with E-state index in [1.54, 1.807) is 13.8 Å². The minimum absolute atomic E-state index is 0.251. The van der Waals surface area contributed by atoms with Crippen molar-refractivity contribution in [3.8, 4) is 6.07 Å². The predicted molar refractivity (Wildman–Crippen MR) is 68.0 cm³/mol. The van der Waals surface area contributed by atoms with E-state index in [-0.39, 0.29) is 5.92 Å². The van der Waals surface area contributed by atoms with Crippen LogP contribution in [0.25, 0.3) is 0 Å². The third kappa shape index (κ3) is 3.49. The molecule has 0 aromatic heterocycles. The molecule has 2 unspecified atom stereocenters. The molecule has 0 saturated heterocycles. The number of carbonyl (C=O) groups excluding carboxylic acids is 1. The number of rotatable bonds is 4. The van der Waals surface area contributed by atoms with Crippen LogP contribution in [0.5, 0.6) is 0 Å². The molecule has 1 aliphatic rings. The minimum atomic E-state index is -0.908. The Morgan fingerprint density at radius 1 is 1.42 bits per heavy atom. The van der Waals surface area contributed by atoms with Crippen LogP contribution in [-0.2, 0) is 14.3 Å². The quantitative estimate of drug-likeness (QED) is 0.373. The van der Waals surface area contributed by atoms with Gasteiger partial charge in [-0.25, -0.2) is 4.79 Å². The lowest BCUT2D eigenvalue weighted by Crippen LogP contribution is -2.03. The molecule has 7 heteroatoms. The molecular weight excluding hydrogens is 293 g/mol. The molecule has 1 fully saturated rings. The molecule has 102 valence electrons. The molecule has 0 amide bonds. The second kappa shape index (κ2) is 5.64. The molecule has 1 aliphatic carbocycles. The summed E-state index contributed by atoms with van der Waals surface area (Å²) in [4.78, 5) is 22.3. The number of halogens is 2. The van der Waals surface area contributed by atoms with Crippen molar-refractivity contribution in [2.75, 3.05) is 0 Å². The lowest BCUT2D eigenvalue weighted by molar-refractivity contribution is -0.139.